The minimum Gasteiger partial charge on any atom is -0.395 e. The van der Waals surface area contributed by atoms with Gasteiger partial charge in [-0.2, -0.15) is 23.3 Å². The number of hydrogen-bond donors (Lipinski definition) is 1. The maximum absolute atomic E-state index is 13.3. The molecular formula is C27H29F3N4O2. The Morgan fingerprint density at radius 2 is 1.64 bits per heavy atom. The van der Waals surface area contributed by atoms with E-state index in [9.17, 15) is 18.3 Å². The number of benzene rings is 2. The second-order valence-electron chi connectivity index (χ2n) is 10.2. The molecule has 4 rings (SSSR count). The first kappa shape index (κ1) is 25.6. The summed E-state index contributed by atoms with van der Waals surface area (Å²) in [5.74, 6) is 0.495. The van der Waals surface area contributed by atoms with Crippen LogP contribution in [0.5, 0.6) is 0 Å². The molecule has 0 aliphatic carbocycles. The fourth-order valence-electron chi connectivity index (χ4n) is 3.77. The van der Waals surface area contributed by atoms with E-state index in [2.05, 4.69) is 21.3 Å². The predicted octanol–water partition coefficient (Wildman–Crippen LogP) is 6.07. The molecule has 0 bridgehead atoms. The van der Waals surface area contributed by atoms with Crippen molar-refractivity contribution in [1.82, 2.24) is 19.9 Å². The highest BCUT2D eigenvalue weighted by molar-refractivity contribution is 5.58. The molecule has 190 valence electrons. The van der Waals surface area contributed by atoms with Crippen molar-refractivity contribution >= 4 is 0 Å². The summed E-state index contributed by atoms with van der Waals surface area (Å²) in [6.07, 6.45) is -4.36. The molecular weight excluding hydrogens is 469 g/mol. The molecule has 36 heavy (non-hydrogen) atoms. The number of nitrogens with zero attached hydrogens (tertiary/aromatic N) is 4. The topological polar surface area (TPSA) is 77.0 Å². The van der Waals surface area contributed by atoms with E-state index in [4.69, 9.17) is 4.52 Å². The zero-order chi connectivity index (χ0) is 26.3. The highest BCUT2D eigenvalue weighted by Gasteiger charge is 2.48. The van der Waals surface area contributed by atoms with Crippen molar-refractivity contribution in [3.8, 4) is 23.0 Å². The molecule has 0 saturated carbocycles. The van der Waals surface area contributed by atoms with Gasteiger partial charge in [0.05, 0.1) is 18.6 Å². The summed E-state index contributed by atoms with van der Waals surface area (Å²) in [6, 6.07) is 15.9. The molecule has 9 heteroatoms. The van der Waals surface area contributed by atoms with E-state index in [1.807, 2.05) is 49.7 Å². The van der Waals surface area contributed by atoms with Crippen molar-refractivity contribution in [3.05, 3.63) is 77.0 Å². The first-order valence-corrected chi connectivity index (χ1v) is 11.6. The maximum atomic E-state index is 13.3. The fourth-order valence-corrected chi connectivity index (χ4v) is 3.77. The Bertz CT molecular complexity index is 1350. The van der Waals surface area contributed by atoms with Crippen LogP contribution in [0.25, 0.3) is 23.0 Å². The Balaban J connectivity index is 1.54. The minimum absolute atomic E-state index is 0.0453. The molecule has 0 unspecified atom stereocenters. The third-order valence-electron chi connectivity index (χ3n) is 6.64. The quantitative estimate of drug-likeness (QED) is 0.335. The minimum atomic E-state index is -4.36. The lowest BCUT2D eigenvalue weighted by atomic mass is 9.83. The largest absolute Gasteiger partial charge is 0.397 e. The highest BCUT2D eigenvalue weighted by Crippen LogP contribution is 2.40. The number of alkyl halides is 3. The molecule has 0 aliphatic rings. The van der Waals surface area contributed by atoms with E-state index in [0.29, 0.717) is 17.8 Å². The van der Waals surface area contributed by atoms with Crippen LogP contribution in [0.1, 0.15) is 50.1 Å². The molecule has 2 aromatic carbocycles. The number of hydrogen-bond acceptors (Lipinski definition) is 5. The lowest BCUT2D eigenvalue weighted by Crippen LogP contribution is -2.36. The number of rotatable bonds is 7. The number of aliphatic hydroxyl groups excluding tert-OH is 1. The lowest BCUT2D eigenvalue weighted by Gasteiger charge is -2.28. The van der Waals surface area contributed by atoms with Gasteiger partial charge in [-0.3, -0.25) is 4.68 Å². The van der Waals surface area contributed by atoms with E-state index < -0.39 is 11.6 Å². The number of aryl methyl sites for hydroxylation is 1. The summed E-state index contributed by atoms with van der Waals surface area (Å²) in [5.41, 5.74) is 1.88. The van der Waals surface area contributed by atoms with Gasteiger partial charge in [-0.1, -0.05) is 67.5 Å². The molecule has 0 fully saturated rings. The molecule has 1 N–H and O–H groups in total. The van der Waals surface area contributed by atoms with E-state index in [-0.39, 0.29) is 29.3 Å². The SMILES string of the molecule is Cc1cc(-c2nc(-c3ccc(C(C)(C)C(F)(F)F)cc3)no2)nn1Cc1cccc(C(C)(C)CO)c1. The van der Waals surface area contributed by atoms with Gasteiger partial charge in [0.15, 0.2) is 5.69 Å². The van der Waals surface area contributed by atoms with Gasteiger partial charge in [0.1, 0.15) is 0 Å². The van der Waals surface area contributed by atoms with E-state index >= 15 is 0 Å². The monoisotopic (exact) mass is 498 g/mol. The van der Waals surface area contributed by atoms with E-state index in [0.717, 1.165) is 30.7 Å². The zero-order valence-corrected chi connectivity index (χ0v) is 20.9. The molecule has 2 aromatic heterocycles. The van der Waals surface area contributed by atoms with Gasteiger partial charge in [0.2, 0.25) is 5.82 Å². The average Bonchev–Trinajstić information content (AvgIpc) is 3.46. The molecule has 0 radical (unpaired) electrons. The van der Waals surface area contributed by atoms with E-state index in [1.54, 1.807) is 12.1 Å². The summed E-state index contributed by atoms with van der Waals surface area (Å²) in [7, 11) is 0. The van der Waals surface area contributed by atoms with Gasteiger partial charge in [0, 0.05) is 16.7 Å². The van der Waals surface area contributed by atoms with Crippen LogP contribution < -0.4 is 0 Å². The molecule has 2 heterocycles. The summed E-state index contributed by atoms with van der Waals surface area (Å²) in [4.78, 5) is 4.41. The number of aliphatic hydroxyl groups is 1. The van der Waals surface area contributed by atoms with E-state index in [1.165, 1.54) is 12.1 Å². The average molecular weight is 499 g/mol. The first-order chi connectivity index (χ1) is 16.8. The van der Waals surface area contributed by atoms with Gasteiger partial charge in [-0.05, 0) is 43.5 Å². The summed E-state index contributed by atoms with van der Waals surface area (Å²) < 4.78 is 47.2. The van der Waals surface area contributed by atoms with Crippen molar-refractivity contribution < 1.29 is 22.8 Å². The molecule has 0 saturated heterocycles. The Morgan fingerprint density at radius 3 is 2.28 bits per heavy atom. The number of halogens is 3. The van der Waals surface area contributed by atoms with Gasteiger partial charge in [0.25, 0.3) is 5.89 Å². The molecule has 6 nitrogen and oxygen atoms in total. The fraction of sp³-hybridized carbons (Fsp3) is 0.370. The van der Waals surface area contributed by atoms with Crippen LogP contribution in [-0.4, -0.2) is 37.8 Å². The Hall–Kier alpha value is -3.46. The normalized spacial score (nSPS) is 12.8. The molecule has 0 spiro atoms. The second-order valence-corrected chi connectivity index (χ2v) is 10.2. The Labute approximate surface area is 207 Å². The van der Waals surface area contributed by atoms with Crippen LogP contribution in [0.3, 0.4) is 0 Å². The molecule has 0 amide bonds. The third-order valence-corrected chi connectivity index (χ3v) is 6.64. The molecule has 0 atom stereocenters. The Kier molecular flexibility index (Phi) is 6.55. The van der Waals surface area contributed by atoms with Crippen LogP contribution in [-0.2, 0) is 17.4 Å². The second kappa shape index (κ2) is 9.20. The first-order valence-electron chi connectivity index (χ1n) is 11.6. The zero-order valence-electron chi connectivity index (χ0n) is 20.9. The predicted molar refractivity (Wildman–Crippen MR) is 130 cm³/mol. The van der Waals surface area contributed by atoms with Crippen molar-refractivity contribution in [2.75, 3.05) is 6.61 Å². The van der Waals surface area contributed by atoms with Crippen molar-refractivity contribution in [3.63, 3.8) is 0 Å². The van der Waals surface area contributed by atoms with Gasteiger partial charge in [-0.15, -0.1) is 0 Å². The Morgan fingerprint density at radius 1 is 0.944 bits per heavy atom. The van der Waals surface area contributed by atoms with Crippen LogP contribution in [0, 0.1) is 6.92 Å². The van der Waals surface area contributed by atoms with Crippen LogP contribution in [0.4, 0.5) is 13.2 Å². The van der Waals surface area contributed by atoms with Gasteiger partial charge in [-0.25, -0.2) is 0 Å². The smallest absolute Gasteiger partial charge is 0.395 e. The van der Waals surface area contributed by atoms with Crippen LogP contribution >= 0.6 is 0 Å². The van der Waals surface area contributed by atoms with Crippen molar-refractivity contribution in [1.29, 1.82) is 0 Å². The summed E-state index contributed by atoms with van der Waals surface area (Å²) in [6.45, 7) is 8.77. The van der Waals surface area contributed by atoms with Crippen LogP contribution in [0.2, 0.25) is 0 Å². The number of aromatic nitrogens is 4. The van der Waals surface area contributed by atoms with Crippen molar-refractivity contribution in [2.24, 2.45) is 0 Å². The molecule has 0 aliphatic heterocycles. The summed E-state index contributed by atoms with van der Waals surface area (Å²) >= 11 is 0. The van der Waals surface area contributed by atoms with Gasteiger partial charge >= 0.3 is 6.18 Å². The van der Waals surface area contributed by atoms with Crippen molar-refractivity contribution in [2.45, 2.75) is 58.2 Å². The third kappa shape index (κ3) is 4.93. The molecule has 4 aromatic rings. The van der Waals surface area contributed by atoms with Crippen LogP contribution in [0.15, 0.2) is 59.1 Å². The summed E-state index contributed by atoms with van der Waals surface area (Å²) in [5, 5.41) is 18.3. The highest BCUT2D eigenvalue weighted by atomic mass is 19.4. The maximum Gasteiger partial charge on any atom is 0.397 e. The lowest BCUT2D eigenvalue weighted by molar-refractivity contribution is -0.180. The standard InChI is InChI=1S/C27H29F3N4O2/c1-17-13-22(32-34(17)15-18-7-6-8-21(14-18)25(2,3)16-35)24-31-23(33-36-24)19-9-11-20(12-10-19)26(4,5)27(28,29)30/h6-14,35H,15-16H2,1-5H3. The van der Waals surface area contributed by atoms with Gasteiger partial charge < -0.3 is 9.63 Å².